The average molecular weight is 366 g/mol. The average Bonchev–Trinajstić information content (AvgIpc) is 2.97. The Bertz CT molecular complexity index is 796. The number of aromatic nitrogens is 2. The second kappa shape index (κ2) is 6.66. The van der Waals surface area contributed by atoms with Crippen LogP contribution in [0.25, 0.3) is 0 Å². The summed E-state index contributed by atoms with van der Waals surface area (Å²) in [6.07, 6.45) is -4.65. The number of carbonyl (C=O) groups excluding carboxylic acids is 1. The highest BCUT2D eigenvalue weighted by molar-refractivity contribution is 5.93. The molecular weight excluding hydrogens is 345 g/mol. The Kier molecular flexibility index (Phi) is 4.68. The summed E-state index contributed by atoms with van der Waals surface area (Å²) < 4.78 is 41.7. The van der Waals surface area contributed by atoms with E-state index in [1.807, 2.05) is 31.2 Å². The Labute approximate surface area is 149 Å². The minimum absolute atomic E-state index is 0.0278. The maximum Gasteiger partial charge on any atom is 0.410 e. The molecule has 3 rings (SSSR count). The first-order chi connectivity index (χ1) is 12.1. The molecule has 1 amide bonds. The molecule has 0 spiro atoms. The van der Waals surface area contributed by atoms with Gasteiger partial charge in [-0.1, -0.05) is 29.8 Å². The van der Waals surface area contributed by atoms with Crippen LogP contribution in [0.15, 0.2) is 30.3 Å². The van der Waals surface area contributed by atoms with E-state index in [1.54, 1.807) is 13.8 Å². The second-order valence-electron chi connectivity index (χ2n) is 6.89. The highest BCUT2D eigenvalue weighted by Crippen LogP contribution is 2.43. The monoisotopic (exact) mass is 366 g/mol. The van der Waals surface area contributed by atoms with Gasteiger partial charge in [0.1, 0.15) is 5.82 Å². The van der Waals surface area contributed by atoms with E-state index < -0.39 is 24.2 Å². The molecule has 2 aromatic rings. The number of carbonyl (C=O) groups is 1. The van der Waals surface area contributed by atoms with Gasteiger partial charge in [-0.05, 0) is 26.3 Å². The van der Waals surface area contributed by atoms with E-state index in [-0.39, 0.29) is 24.0 Å². The molecule has 8 heteroatoms. The third-order valence-electron chi connectivity index (χ3n) is 4.32. The van der Waals surface area contributed by atoms with Crippen LogP contribution in [-0.4, -0.2) is 27.9 Å². The molecule has 5 nitrogen and oxygen atoms in total. The third kappa shape index (κ3) is 3.68. The molecule has 2 atom stereocenters. The van der Waals surface area contributed by atoms with Crippen LogP contribution < -0.4 is 10.6 Å². The zero-order chi connectivity index (χ0) is 19.1. The lowest BCUT2D eigenvalue weighted by Crippen LogP contribution is -2.36. The predicted molar refractivity (Wildman–Crippen MR) is 92.1 cm³/mol. The number of nitrogens with one attached hydrogen (secondary N) is 2. The van der Waals surface area contributed by atoms with Crippen molar-refractivity contribution in [2.45, 2.75) is 51.5 Å². The number of nitrogens with zero attached hydrogens (tertiary/aromatic N) is 2. The van der Waals surface area contributed by atoms with Crippen molar-refractivity contribution in [1.82, 2.24) is 15.1 Å². The van der Waals surface area contributed by atoms with Crippen LogP contribution in [0.1, 0.15) is 54.0 Å². The molecule has 0 radical (unpaired) electrons. The number of hydrogen-bond acceptors (Lipinski definition) is 3. The summed E-state index contributed by atoms with van der Waals surface area (Å²) in [6, 6.07) is 6.32. The van der Waals surface area contributed by atoms with Gasteiger partial charge in [0.25, 0.3) is 5.91 Å². The van der Waals surface area contributed by atoms with Crippen LogP contribution in [0.5, 0.6) is 0 Å². The van der Waals surface area contributed by atoms with Gasteiger partial charge in [-0.25, -0.2) is 4.68 Å². The fourth-order valence-electron chi connectivity index (χ4n) is 3.04. The molecule has 1 aliphatic heterocycles. The van der Waals surface area contributed by atoms with Gasteiger partial charge in [-0.2, -0.15) is 18.3 Å². The standard InChI is InChI=1S/C18H21F3N4O/c1-10(2)22-17(26)14-9-16-23-13(12-6-4-11(3)5-7-12)8-15(18(19,20)21)25(16)24-14/h4-7,9-10,13,15,23H,8H2,1-3H3,(H,22,26). The van der Waals surface area contributed by atoms with Crippen molar-refractivity contribution in [2.75, 3.05) is 5.32 Å². The van der Waals surface area contributed by atoms with E-state index in [9.17, 15) is 18.0 Å². The highest BCUT2D eigenvalue weighted by atomic mass is 19.4. The van der Waals surface area contributed by atoms with Gasteiger partial charge in [-0.3, -0.25) is 4.79 Å². The number of alkyl halides is 3. The van der Waals surface area contributed by atoms with Gasteiger partial charge >= 0.3 is 6.18 Å². The summed E-state index contributed by atoms with van der Waals surface area (Å²) in [7, 11) is 0. The summed E-state index contributed by atoms with van der Waals surface area (Å²) >= 11 is 0. The zero-order valence-corrected chi connectivity index (χ0v) is 14.8. The number of rotatable bonds is 3. The van der Waals surface area contributed by atoms with Crippen LogP contribution >= 0.6 is 0 Å². The van der Waals surface area contributed by atoms with E-state index in [0.717, 1.165) is 15.8 Å². The number of aryl methyl sites for hydroxylation is 1. The smallest absolute Gasteiger partial charge is 0.363 e. The molecule has 0 fully saturated rings. The van der Waals surface area contributed by atoms with E-state index in [2.05, 4.69) is 15.7 Å². The normalized spacial score (nSPS) is 19.8. The molecule has 0 saturated heterocycles. The van der Waals surface area contributed by atoms with Crippen LogP contribution in [0.2, 0.25) is 0 Å². The number of benzene rings is 1. The summed E-state index contributed by atoms with van der Waals surface area (Å²) in [5, 5.41) is 9.65. The molecule has 0 saturated carbocycles. The molecule has 1 aromatic carbocycles. The molecule has 0 bridgehead atoms. The van der Waals surface area contributed by atoms with Gasteiger partial charge in [0.05, 0.1) is 6.04 Å². The first-order valence-corrected chi connectivity index (χ1v) is 8.45. The minimum atomic E-state index is -4.46. The summed E-state index contributed by atoms with van der Waals surface area (Å²) in [6.45, 7) is 5.47. The minimum Gasteiger partial charge on any atom is -0.363 e. The quantitative estimate of drug-likeness (QED) is 0.864. The summed E-state index contributed by atoms with van der Waals surface area (Å²) in [5.41, 5.74) is 1.78. The molecule has 2 N–H and O–H groups in total. The molecule has 2 unspecified atom stereocenters. The molecule has 1 aromatic heterocycles. The van der Waals surface area contributed by atoms with Crippen molar-refractivity contribution in [3.63, 3.8) is 0 Å². The van der Waals surface area contributed by atoms with E-state index >= 15 is 0 Å². The largest absolute Gasteiger partial charge is 0.410 e. The molecular formula is C18H21F3N4O. The predicted octanol–water partition coefficient (Wildman–Crippen LogP) is 3.99. The Morgan fingerprint density at radius 1 is 1.31 bits per heavy atom. The number of hydrogen-bond donors (Lipinski definition) is 2. The first kappa shape index (κ1) is 18.3. The Morgan fingerprint density at radius 3 is 2.54 bits per heavy atom. The number of fused-ring (bicyclic) bond motifs is 1. The topological polar surface area (TPSA) is 59.0 Å². The van der Waals surface area contributed by atoms with Crippen LogP contribution in [-0.2, 0) is 0 Å². The van der Waals surface area contributed by atoms with Crippen molar-refractivity contribution in [1.29, 1.82) is 0 Å². The van der Waals surface area contributed by atoms with E-state index in [1.165, 1.54) is 6.07 Å². The van der Waals surface area contributed by atoms with Crippen molar-refractivity contribution in [3.8, 4) is 0 Å². The molecule has 0 aliphatic carbocycles. The number of halogens is 3. The van der Waals surface area contributed by atoms with E-state index in [0.29, 0.717) is 0 Å². The van der Waals surface area contributed by atoms with Gasteiger partial charge in [0.2, 0.25) is 0 Å². The lowest BCUT2D eigenvalue weighted by Gasteiger charge is -2.33. The second-order valence-corrected chi connectivity index (χ2v) is 6.89. The maximum atomic E-state index is 13.6. The third-order valence-corrected chi connectivity index (χ3v) is 4.32. The highest BCUT2D eigenvalue weighted by Gasteiger charge is 2.46. The van der Waals surface area contributed by atoms with Crippen molar-refractivity contribution < 1.29 is 18.0 Å². The van der Waals surface area contributed by atoms with Crippen molar-refractivity contribution >= 4 is 11.7 Å². The zero-order valence-electron chi connectivity index (χ0n) is 14.8. The van der Waals surface area contributed by atoms with Crippen molar-refractivity contribution in [2.24, 2.45) is 0 Å². The first-order valence-electron chi connectivity index (χ1n) is 8.45. The molecule has 26 heavy (non-hydrogen) atoms. The number of amides is 1. The van der Waals surface area contributed by atoms with Crippen LogP contribution in [0.4, 0.5) is 19.0 Å². The fourth-order valence-corrected chi connectivity index (χ4v) is 3.04. The lowest BCUT2D eigenvalue weighted by molar-refractivity contribution is -0.173. The van der Waals surface area contributed by atoms with E-state index in [4.69, 9.17) is 0 Å². The maximum absolute atomic E-state index is 13.6. The van der Waals surface area contributed by atoms with Crippen molar-refractivity contribution in [3.05, 3.63) is 47.2 Å². The molecule has 2 heterocycles. The summed E-state index contributed by atoms with van der Waals surface area (Å²) in [4.78, 5) is 12.1. The Hall–Kier alpha value is -2.51. The number of anilines is 1. The summed E-state index contributed by atoms with van der Waals surface area (Å²) in [5.74, 6) is -0.297. The Balaban J connectivity index is 1.96. The fraction of sp³-hybridized carbons (Fsp3) is 0.444. The molecule has 140 valence electrons. The van der Waals surface area contributed by atoms with Crippen LogP contribution in [0.3, 0.4) is 0 Å². The Morgan fingerprint density at radius 2 is 1.96 bits per heavy atom. The molecule has 1 aliphatic rings. The SMILES string of the molecule is Cc1ccc(C2CC(C(F)(F)F)n3nc(C(=O)NC(C)C)cc3N2)cc1. The van der Waals surface area contributed by atoms with Gasteiger partial charge in [0.15, 0.2) is 11.7 Å². The van der Waals surface area contributed by atoms with Gasteiger partial charge in [-0.15, -0.1) is 0 Å². The van der Waals surface area contributed by atoms with Gasteiger partial charge < -0.3 is 10.6 Å². The van der Waals surface area contributed by atoms with Gasteiger partial charge in [0, 0.05) is 18.5 Å². The van der Waals surface area contributed by atoms with Crippen LogP contribution in [0, 0.1) is 6.92 Å². The lowest BCUT2D eigenvalue weighted by atomic mass is 9.96.